The number of nitrogens with one attached hydrogen (secondary N) is 1. The molecule has 1 amide bonds. The van der Waals surface area contributed by atoms with Crippen molar-refractivity contribution in [2.45, 2.75) is 11.9 Å². The molecule has 1 aromatic heterocycles. The van der Waals surface area contributed by atoms with E-state index in [1.807, 2.05) is 24.3 Å². The SMILES string of the molecule is Cc1nc(SCC#N)c(C#N)c(-c2ccccc2Cl)c1C(=O)Nc1ccccc1. The topological polar surface area (TPSA) is 89.6 Å². The Balaban J connectivity index is 2.24. The Morgan fingerprint density at radius 3 is 2.48 bits per heavy atom. The fourth-order valence-corrected chi connectivity index (χ4v) is 3.84. The molecule has 1 heterocycles. The van der Waals surface area contributed by atoms with Crippen LogP contribution in [0, 0.1) is 29.6 Å². The van der Waals surface area contributed by atoms with Crippen molar-refractivity contribution in [1.82, 2.24) is 4.98 Å². The second-order valence-electron chi connectivity index (χ2n) is 5.99. The highest BCUT2D eigenvalue weighted by molar-refractivity contribution is 7.99. The number of benzene rings is 2. The van der Waals surface area contributed by atoms with Gasteiger partial charge in [-0.2, -0.15) is 10.5 Å². The van der Waals surface area contributed by atoms with Crippen LogP contribution in [0.25, 0.3) is 11.1 Å². The van der Waals surface area contributed by atoms with Crippen molar-refractivity contribution in [3.63, 3.8) is 0 Å². The molecule has 0 aliphatic heterocycles. The first-order valence-electron chi connectivity index (χ1n) is 8.62. The average molecular weight is 419 g/mol. The van der Waals surface area contributed by atoms with Gasteiger partial charge in [0.05, 0.1) is 28.6 Å². The van der Waals surface area contributed by atoms with Gasteiger partial charge in [0.25, 0.3) is 5.91 Å². The van der Waals surface area contributed by atoms with E-state index < -0.39 is 0 Å². The predicted molar refractivity (Wildman–Crippen MR) is 115 cm³/mol. The molecule has 0 spiro atoms. The van der Waals surface area contributed by atoms with Gasteiger partial charge in [-0.3, -0.25) is 4.79 Å². The summed E-state index contributed by atoms with van der Waals surface area (Å²) in [6, 6.07) is 20.3. The number of carbonyl (C=O) groups is 1. The van der Waals surface area contributed by atoms with Crippen LogP contribution in [0.1, 0.15) is 21.6 Å². The fraction of sp³-hybridized carbons (Fsp3) is 0.0909. The summed E-state index contributed by atoms with van der Waals surface area (Å²) in [7, 11) is 0. The molecule has 29 heavy (non-hydrogen) atoms. The zero-order chi connectivity index (χ0) is 20.8. The van der Waals surface area contributed by atoms with Crippen molar-refractivity contribution in [2.24, 2.45) is 0 Å². The van der Waals surface area contributed by atoms with E-state index in [-0.39, 0.29) is 22.8 Å². The number of anilines is 1. The summed E-state index contributed by atoms with van der Waals surface area (Å²) in [5, 5.41) is 22.5. The van der Waals surface area contributed by atoms with Crippen LogP contribution in [0.15, 0.2) is 59.6 Å². The molecule has 0 saturated carbocycles. The van der Waals surface area contributed by atoms with Crippen molar-refractivity contribution < 1.29 is 4.79 Å². The summed E-state index contributed by atoms with van der Waals surface area (Å²) >= 11 is 7.57. The first-order chi connectivity index (χ1) is 14.1. The highest BCUT2D eigenvalue weighted by Gasteiger charge is 2.25. The van der Waals surface area contributed by atoms with Crippen LogP contribution in [0.3, 0.4) is 0 Å². The highest BCUT2D eigenvalue weighted by atomic mass is 35.5. The number of hydrogen-bond donors (Lipinski definition) is 1. The first-order valence-corrected chi connectivity index (χ1v) is 9.99. The van der Waals surface area contributed by atoms with E-state index in [9.17, 15) is 10.1 Å². The summed E-state index contributed by atoms with van der Waals surface area (Å²) in [6.07, 6.45) is 0. The quantitative estimate of drug-likeness (QED) is 0.556. The normalized spacial score (nSPS) is 10.1. The van der Waals surface area contributed by atoms with Crippen LogP contribution >= 0.6 is 23.4 Å². The lowest BCUT2D eigenvalue weighted by Gasteiger charge is -2.17. The lowest BCUT2D eigenvalue weighted by Crippen LogP contribution is -2.17. The molecule has 0 bridgehead atoms. The Morgan fingerprint density at radius 1 is 1.14 bits per heavy atom. The van der Waals surface area contributed by atoms with E-state index in [0.717, 1.165) is 11.8 Å². The largest absolute Gasteiger partial charge is 0.322 e. The Morgan fingerprint density at radius 2 is 1.83 bits per heavy atom. The minimum absolute atomic E-state index is 0.138. The molecule has 0 fully saturated rings. The molecule has 5 nitrogen and oxygen atoms in total. The van der Waals surface area contributed by atoms with Crippen molar-refractivity contribution in [1.29, 1.82) is 10.5 Å². The van der Waals surface area contributed by atoms with Crippen LogP contribution in [-0.4, -0.2) is 16.6 Å². The van der Waals surface area contributed by atoms with Gasteiger partial charge in [-0.1, -0.05) is 59.8 Å². The maximum atomic E-state index is 13.2. The molecule has 0 unspecified atom stereocenters. The van der Waals surface area contributed by atoms with Crippen molar-refractivity contribution in [3.05, 3.63) is 76.4 Å². The van der Waals surface area contributed by atoms with E-state index in [4.69, 9.17) is 16.9 Å². The minimum atomic E-state index is -0.385. The number of aryl methyl sites for hydroxylation is 1. The molecule has 2 aromatic carbocycles. The average Bonchev–Trinajstić information content (AvgIpc) is 2.72. The van der Waals surface area contributed by atoms with Crippen molar-refractivity contribution in [2.75, 3.05) is 11.1 Å². The van der Waals surface area contributed by atoms with Gasteiger partial charge in [0, 0.05) is 21.8 Å². The van der Waals surface area contributed by atoms with Gasteiger partial charge in [0.2, 0.25) is 0 Å². The van der Waals surface area contributed by atoms with Gasteiger partial charge in [0.15, 0.2) is 0 Å². The van der Waals surface area contributed by atoms with Crippen LogP contribution in [-0.2, 0) is 0 Å². The Hall–Kier alpha value is -3.32. The minimum Gasteiger partial charge on any atom is -0.322 e. The van der Waals surface area contributed by atoms with E-state index in [2.05, 4.69) is 16.4 Å². The number of carbonyl (C=O) groups excluding carboxylic acids is 1. The fourth-order valence-electron chi connectivity index (χ4n) is 2.91. The number of thioether (sulfide) groups is 1. The molecule has 0 aliphatic rings. The second kappa shape index (κ2) is 9.25. The van der Waals surface area contributed by atoms with Crippen molar-refractivity contribution in [3.8, 4) is 23.3 Å². The summed E-state index contributed by atoms with van der Waals surface area (Å²) < 4.78 is 0. The summed E-state index contributed by atoms with van der Waals surface area (Å²) in [4.78, 5) is 17.6. The van der Waals surface area contributed by atoms with Gasteiger partial charge in [-0.15, -0.1) is 0 Å². The second-order valence-corrected chi connectivity index (χ2v) is 7.36. The van der Waals surface area contributed by atoms with E-state index in [0.29, 0.717) is 32.6 Å². The predicted octanol–water partition coefficient (Wildman–Crippen LogP) is 5.45. The molecular formula is C22H15ClN4OS. The smallest absolute Gasteiger partial charge is 0.258 e. The summed E-state index contributed by atoms with van der Waals surface area (Å²) in [5.74, 6) is -0.247. The Kier molecular flexibility index (Phi) is 6.51. The molecule has 0 aliphatic carbocycles. The highest BCUT2D eigenvalue weighted by Crippen LogP contribution is 2.38. The van der Waals surface area contributed by atoms with E-state index in [1.54, 1.807) is 43.3 Å². The monoisotopic (exact) mass is 418 g/mol. The number of hydrogen-bond acceptors (Lipinski definition) is 5. The summed E-state index contributed by atoms with van der Waals surface area (Å²) in [6.45, 7) is 1.71. The molecule has 1 N–H and O–H groups in total. The lowest BCUT2D eigenvalue weighted by atomic mass is 9.94. The molecule has 3 rings (SSSR count). The van der Waals surface area contributed by atoms with Gasteiger partial charge in [-0.05, 0) is 25.1 Å². The van der Waals surface area contributed by atoms with Crippen LogP contribution < -0.4 is 5.32 Å². The third-order valence-electron chi connectivity index (χ3n) is 4.13. The zero-order valence-electron chi connectivity index (χ0n) is 15.4. The molecule has 0 saturated heterocycles. The standard InChI is InChI=1S/C22H15ClN4OS/c1-14-19(21(28)27-15-7-3-2-4-8-15)20(16-9-5-6-10-18(16)23)17(13-25)22(26-14)29-12-11-24/h2-10H,12H2,1H3,(H,27,28). The number of nitriles is 2. The number of nitrogens with zero attached hydrogens (tertiary/aromatic N) is 3. The van der Waals surface area contributed by atoms with Crippen LogP contribution in [0.5, 0.6) is 0 Å². The maximum Gasteiger partial charge on any atom is 0.258 e. The van der Waals surface area contributed by atoms with Gasteiger partial charge in [-0.25, -0.2) is 4.98 Å². The zero-order valence-corrected chi connectivity index (χ0v) is 17.0. The molecule has 0 atom stereocenters. The third-order valence-corrected chi connectivity index (χ3v) is 5.30. The lowest BCUT2D eigenvalue weighted by molar-refractivity contribution is 0.102. The van der Waals surface area contributed by atoms with Gasteiger partial charge < -0.3 is 5.32 Å². The number of amides is 1. The molecule has 3 aromatic rings. The van der Waals surface area contributed by atoms with Gasteiger partial charge in [0.1, 0.15) is 11.1 Å². The number of para-hydroxylation sites is 1. The number of rotatable bonds is 5. The molecule has 0 radical (unpaired) electrons. The molecule has 142 valence electrons. The van der Waals surface area contributed by atoms with E-state index in [1.165, 1.54) is 0 Å². The first kappa shape index (κ1) is 20.4. The van der Waals surface area contributed by atoms with Gasteiger partial charge >= 0.3 is 0 Å². The van der Waals surface area contributed by atoms with Crippen molar-refractivity contribution >= 4 is 35.0 Å². The van der Waals surface area contributed by atoms with Crippen LogP contribution in [0.4, 0.5) is 5.69 Å². The number of aromatic nitrogens is 1. The van der Waals surface area contributed by atoms with Crippen LogP contribution in [0.2, 0.25) is 5.02 Å². The number of halogens is 1. The number of pyridine rings is 1. The Bertz CT molecular complexity index is 1150. The Labute approximate surface area is 178 Å². The van der Waals surface area contributed by atoms with E-state index >= 15 is 0 Å². The maximum absolute atomic E-state index is 13.2. The third kappa shape index (κ3) is 4.41. The molecule has 7 heteroatoms. The summed E-state index contributed by atoms with van der Waals surface area (Å²) in [5.41, 5.74) is 2.56. The molecular weight excluding hydrogens is 404 g/mol.